The summed E-state index contributed by atoms with van der Waals surface area (Å²) >= 11 is 0. The Morgan fingerprint density at radius 2 is 2.08 bits per heavy atom. The lowest BCUT2D eigenvalue weighted by atomic mass is 10.1. The molecule has 1 fully saturated rings. The van der Waals surface area contributed by atoms with E-state index in [4.69, 9.17) is 4.74 Å². The summed E-state index contributed by atoms with van der Waals surface area (Å²) in [5.74, 6) is 0. The molecule has 0 saturated carbocycles. The van der Waals surface area contributed by atoms with E-state index in [1.54, 1.807) is 6.92 Å². The lowest BCUT2D eigenvalue weighted by Gasteiger charge is -2.17. The van der Waals surface area contributed by atoms with Crippen molar-refractivity contribution in [1.82, 2.24) is 14.1 Å². The third-order valence-electron chi connectivity index (χ3n) is 4.72. The molecule has 1 aromatic carbocycles. The summed E-state index contributed by atoms with van der Waals surface area (Å²) in [7, 11) is 0. The Morgan fingerprint density at radius 1 is 1.28 bits per heavy atom. The Balaban J connectivity index is 1.58. The van der Waals surface area contributed by atoms with Crippen LogP contribution >= 0.6 is 0 Å². The number of para-hydroxylation sites is 1. The van der Waals surface area contributed by atoms with Gasteiger partial charge in [0, 0.05) is 29.9 Å². The molecule has 0 bridgehead atoms. The summed E-state index contributed by atoms with van der Waals surface area (Å²) in [6.07, 6.45) is 2.03. The van der Waals surface area contributed by atoms with Gasteiger partial charge in [-0.25, -0.2) is 4.79 Å². The van der Waals surface area contributed by atoms with Crippen LogP contribution in [0.1, 0.15) is 18.2 Å². The van der Waals surface area contributed by atoms with Crippen LogP contribution in [0.4, 0.5) is 0 Å². The monoisotopic (exact) mass is 341 g/mol. The Morgan fingerprint density at radius 3 is 2.92 bits per heavy atom. The number of aryl methyl sites for hydroxylation is 1. The van der Waals surface area contributed by atoms with E-state index in [2.05, 4.69) is 4.98 Å². The maximum atomic E-state index is 12.0. The molecule has 25 heavy (non-hydrogen) atoms. The minimum Gasteiger partial charge on any atom is -0.390 e. The van der Waals surface area contributed by atoms with E-state index in [1.807, 2.05) is 41.1 Å². The van der Waals surface area contributed by atoms with Crippen molar-refractivity contribution in [3.63, 3.8) is 0 Å². The molecule has 1 aliphatic rings. The van der Waals surface area contributed by atoms with E-state index in [0.29, 0.717) is 18.5 Å². The van der Waals surface area contributed by atoms with Gasteiger partial charge in [0.05, 0.1) is 12.6 Å². The minimum atomic E-state index is -0.690. The largest absolute Gasteiger partial charge is 0.390 e. The maximum absolute atomic E-state index is 12.0. The molecule has 130 valence electrons. The Bertz CT molecular complexity index is 1030. The number of nitrogens with one attached hydrogen (secondary N) is 1. The quantitative estimate of drug-likeness (QED) is 0.748. The predicted octanol–water partition coefficient (Wildman–Crippen LogP) is 1.15. The van der Waals surface area contributed by atoms with Crippen LogP contribution in [-0.2, 0) is 11.3 Å². The fraction of sp³-hybridized carbons (Fsp3) is 0.333. The molecule has 7 nitrogen and oxygen atoms in total. The summed E-state index contributed by atoms with van der Waals surface area (Å²) in [6, 6.07) is 10.0. The number of fused-ring (bicyclic) bond motifs is 1. The van der Waals surface area contributed by atoms with Gasteiger partial charge in [0.1, 0.15) is 12.3 Å². The highest BCUT2D eigenvalue weighted by molar-refractivity contribution is 5.79. The molecular weight excluding hydrogens is 322 g/mol. The average Bonchev–Trinajstić information content (AvgIpc) is 3.16. The van der Waals surface area contributed by atoms with Crippen molar-refractivity contribution in [1.29, 1.82) is 0 Å². The number of benzene rings is 1. The van der Waals surface area contributed by atoms with Gasteiger partial charge in [-0.15, -0.1) is 0 Å². The van der Waals surface area contributed by atoms with Crippen LogP contribution in [0.5, 0.6) is 0 Å². The van der Waals surface area contributed by atoms with Gasteiger partial charge >= 0.3 is 5.69 Å². The van der Waals surface area contributed by atoms with Crippen molar-refractivity contribution >= 4 is 10.9 Å². The van der Waals surface area contributed by atoms with Crippen molar-refractivity contribution in [2.45, 2.75) is 38.3 Å². The number of H-pyrrole nitrogens is 1. The molecule has 3 atom stereocenters. The van der Waals surface area contributed by atoms with Crippen LogP contribution in [0, 0.1) is 6.92 Å². The van der Waals surface area contributed by atoms with Crippen LogP contribution in [0.25, 0.3) is 10.9 Å². The van der Waals surface area contributed by atoms with E-state index >= 15 is 0 Å². The number of aromatic nitrogens is 3. The molecule has 7 heteroatoms. The fourth-order valence-electron chi connectivity index (χ4n) is 3.34. The molecule has 2 N–H and O–H groups in total. The molecule has 0 radical (unpaired) electrons. The second-order valence-corrected chi connectivity index (χ2v) is 6.44. The van der Waals surface area contributed by atoms with Crippen molar-refractivity contribution < 1.29 is 9.84 Å². The van der Waals surface area contributed by atoms with Crippen molar-refractivity contribution in [3.05, 3.63) is 69.1 Å². The highest BCUT2D eigenvalue weighted by Gasteiger charge is 2.35. The molecule has 0 amide bonds. The predicted molar refractivity (Wildman–Crippen MR) is 92.5 cm³/mol. The molecule has 0 aliphatic carbocycles. The van der Waals surface area contributed by atoms with E-state index in [-0.39, 0.29) is 0 Å². The first-order valence-corrected chi connectivity index (χ1v) is 8.22. The number of hydrogen-bond acceptors (Lipinski definition) is 4. The van der Waals surface area contributed by atoms with E-state index < -0.39 is 29.7 Å². The number of ether oxygens (including phenoxy) is 1. The van der Waals surface area contributed by atoms with Gasteiger partial charge in [0.15, 0.2) is 0 Å². The molecule has 3 heterocycles. The molecule has 3 aromatic rings. The molecular formula is C18H19N3O4. The normalized spacial score (nSPS) is 23.4. The first-order chi connectivity index (χ1) is 12.0. The average molecular weight is 341 g/mol. The number of rotatable bonds is 3. The first kappa shape index (κ1) is 15.9. The third kappa shape index (κ3) is 2.81. The summed E-state index contributed by atoms with van der Waals surface area (Å²) in [5.41, 5.74) is 0.561. The number of aromatic amines is 1. The molecule has 0 unspecified atom stereocenters. The molecule has 1 saturated heterocycles. The van der Waals surface area contributed by atoms with Crippen LogP contribution in [-0.4, -0.2) is 31.4 Å². The zero-order valence-electron chi connectivity index (χ0n) is 13.8. The van der Waals surface area contributed by atoms with Crippen LogP contribution in [0.15, 0.2) is 52.3 Å². The number of hydrogen-bond donors (Lipinski definition) is 2. The number of aliphatic hydroxyl groups excluding tert-OH is 1. The van der Waals surface area contributed by atoms with Crippen molar-refractivity contribution in [3.8, 4) is 0 Å². The molecule has 0 spiro atoms. The maximum Gasteiger partial charge on any atom is 0.330 e. The Labute approximate surface area is 143 Å². The summed E-state index contributed by atoms with van der Waals surface area (Å²) < 4.78 is 9.30. The smallest absolute Gasteiger partial charge is 0.330 e. The summed E-state index contributed by atoms with van der Waals surface area (Å²) in [4.78, 5) is 25.8. The van der Waals surface area contributed by atoms with Crippen LogP contribution in [0.3, 0.4) is 0 Å². The van der Waals surface area contributed by atoms with Gasteiger partial charge in [0.25, 0.3) is 5.56 Å². The van der Waals surface area contributed by atoms with Gasteiger partial charge in [-0.2, -0.15) is 0 Å². The Kier molecular flexibility index (Phi) is 3.82. The van der Waals surface area contributed by atoms with Gasteiger partial charge in [-0.3, -0.25) is 14.3 Å². The zero-order valence-corrected chi connectivity index (χ0v) is 13.8. The van der Waals surface area contributed by atoms with E-state index in [9.17, 15) is 14.7 Å². The third-order valence-corrected chi connectivity index (χ3v) is 4.72. The zero-order chi connectivity index (χ0) is 17.6. The topological polar surface area (TPSA) is 89.2 Å². The standard InChI is InChI=1S/C18H19N3O4/c1-11-9-21(18(24)19-17(11)23)16-8-14(22)15(25-16)10-20-7-6-12-4-2-3-5-13(12)20/h2-7,9,14-16,22H,8,10H2,1H3,(H,19,23,24)/t14-,15+,16+/m0/s1. The highest BCUT2D eigenvalue weighted by Crippen LogP contribution is 2.29. The van der Waals surface area contributed by atoms with E-state index in [1.165, 1.54) is 10.8 Å². The summed E-state index contributed by atoms with van der Waals surface area (Å²) in [5, 5.41) is 11.5. The highest BCUT2D eigenvalue weighted by atomic mass is 16.5. The number of nitrogens with zero attached hydrogens (tertiary/aromatic N) is 2. The Hall–Kier alpha value is -2.64. The fourth-order valence-corrected chi connectivity index (χ4v) is 3.34. The first-order valence-electron chi connectivity index (χ1n) is 8.22. The molecule has 2 aromatic heterocycles. The van der Waals surface area contributed by atoms with Crippen molar-refractivity contribution in [2.24, 2.45) is 0 Å². The van der Waals surface area contributed by atoms with Crippen LogP contribution in [0.2, 0.25) is 0 Å². The number of aliphatic hydroxyl groups is 1. The van der Waals surface area contributed by atoms with Gasteiger partial charge in [-0.05, 0) is 24.4 Å². The molecule has 1 aliphatic heterocycles. The van der Waals surface area contributed by atoms with Crippen molar-refractivity contribution in [2.75, 3.05) is 0 Å². The van der Waals surface area contributed by atoms with Crippen LogP contribution < -0.4 is 11.2 Å². The van der Waals surface area contributed by atoms with Gasteiger partial charge in [-0.1, -0.05) is 18.2 Å². The van der Waals surface area contributed by atoms with Gasteiger partial charge < -0.3 is 14.4 Å². The second-order valence-electron chi connectivity index (χ2n) is 6.44. The van der Waals surface area contributed by atoms with Gasteiger partial charge in [0.2, 0.25) is 0 Å². The lowest BCUT2D eigenvalue weighted by molar-refractivity contribution is -0.0279. The lowest BCUT2D eigenvalue weighted by Crippen LogP contribution is -2.33. The summed E-state index contributed by atoms with van der Waals surface area (Å²) in [6.45, 7) is 2.12. The van der Waals surface area contributed by atoms with E-state index in [0.717, 1.165) is 10.9 Å². The second kappa shape index (κ2) is 6.02. The minimum absolute atomic E-state index is 0.301. The molecule has 4 rings (SSSR count). The SMILES string of the molecule is Cc1cn([C@H]2C[C@H](O)[C@@H](Cn3ccc4ccccc43)O2)c(=O)[nH]c1=O.